The Kier molecular flexibility index (Phi) is 4.76. The minimum atomic E-state index is 0.979. The second-order valence-corrected chi connectivity index (χ2v) is 5.90. The highest BCUT2D eigenvalue weighted by Gasteiger charge is 2.13. The van der Waals surface area contributed by atoms with Gasteiger partial charge in [0.05, 0.1) is 11.0 Å². The number of para-hydroxylation sites is 2. The molecule has 4 nitrogen and oxygen atoms in total. The molecule has 1 saturated heterocycles. The van der Waals surface area contributed by atoms with Crippen LogP contribution in [-0.2, 0) is 6.54 Å². The average Bonchev–Trinajstić information content (AvgIpc) is 2.89. The van der Waals surface area contributed by atoms with E-state index in [4.69, 9.17) is 4.98 Å². The molecular weight excluding hydrogens is 260 g/mol. The predicted octanol–water partition coefficient (Wildman–Crippen LogP) is 3.34. The molecule has 1 aromatic heterocycles. The van der Waals surface area contributed by atoms with E-state index in [0.717, 1.165) is 37.5 Å². The van der Waals surface area contributed by atoms with Crippen LogP contribution >= 0.6 is 0 Å². The molecule has 1 aromatic carbocycles. The van der Waals surface area contributed by atoms with Gasteiger partial charge in [-0.3, -0.25) is 0 Å². The number of hydrogen-bond acceptors (Lipinski definition) is 3. The van der Waals surface area contributed by atoms with Crippen molar-refractivity contribution in [3.63, 3.8) is 0 Å². The number of hydrogen-bond donors (Lipinski definition) is 1. The quantitative estimate of drug-likeness (QED) is 0.884. The Hall–Kier alpha value is -1.55. The Morgan fingerprint density at radius 1 is 1.10 bits per heavy atom. The molecule has 0 radical (unpaired) electrons. The molecule has 0 unspecified atom stereocenters. The summed E-state index contributed by atoms with van der Waals surface area (Å²) >= 11 is 0. The van der Waals surface area contributed by atoms with Crippen LogP contribution in [0.2, 0.25) is 0 Å². The fraction of sp³-hybridized carbons (Fsp3) is 0.588. The lowest BCUT2D eigenvalue weighted by molar-refractivity contribution is 0.222. The monoisotopic (exact) mass is 286 g/mol. The van der Waals surface area contributed by atoms with Crippen molar-refractivity contribution in [2.45, 2.75) is 39.2 Å². The van der Waals surface area contributed by atoms with Crippen LogP contribution in [0.1, 0.15) is 32.6 Å². The maximum atomic E-state index is 4.75. The standard InChI is InChI=1S/C17H26N4/c1-2-10-18-17-19-15-8-4-5-9-16(15)21(17)14-13-20-11-6-3-7-12-20/h4-5,8-9H,2-3,6-7,10-14H2,1H3,(H,18,19). The fourth-order valence-corrected chi connectivity index (χ4v) is 3.10. The molecule has 114 valence electrons. The van der Waals surface area contributed by atoms with Crippen LogP contribution in [-0.4, -0.2) is 40.6 Å². The predicted molar refractivity (Wildman–Crippen MR) is 88.8 cm³/mol. The van der Waals surface area contributed by atoms with Crippen molar-refractivity contribution in [3.8, 4) is 0 Å². The van der Waals surface area contributed by atoms with E-state index in [1.807, 2.05) is 0 Å². The molecule has 1 fully saturated rings. The van der Waals surface area contributed by atoms with Crippen molar-refractivity contribution < 1.29 is 0 Å². The first-order valence-corrected chi connectivity index (χ1v) is 8.30. The van der Waals surface area contributed by atoms with Crippen molar-refractivity contribution in [2.75, 3.05) is 31.5 Å². The Morgan fingerprint density at radius 2 is 1.90 bits per heavy atom. The number of aromatic nitrogens is 2. The number of imidazole rings is 1. The number of anilines is 1. The summed E-state index contributed by atoms with van der Waals surface area (Å²) < 4.78 is 2.35. The molecular formula is C17H26N4. The number of nitrogens with one attached hydrogen (secondary N) is 1. The summed E-state index contributed by atoms with van der Waals surface area (Å²) in [7, 11) is 0. The minimum absolute atomic E-state index is 0.979. The van der Waals surface area contributed by atoms with Crippen LogP contribution in [0.4, 0.5) is 5.95 Å². The van der Waals surface area contributed by atoms with Gasteiger partial charge in [-0.2, -0.15) is 0 Å². The van der Waals surface area contributed by atoms with Gasteiger partial charge >= 0.3 is 0 Å². The van der Waals surface area contributed by atoms with Crippen molar-refractivity contribution in [1.82, 2.24) is 14.5 Å². The molecule has 2 heterocycles. The van der Waals surface area contributed by atoms with E-state index in [1.165, 1.54) is 37.9 Å². The van der Waals surface area contributed by atoms with Crippen LogP contribution in [0.25, 0.3) is 11.0 Å². The number of benzene rings is 1. The van der Waals surface area contributed by atoms with E-state index in [0.29, 0.717) is 0 Å². The van der Waals surface area contributed by atoms with E-state index in [1.54, 1.807) is 0 Å². The first-order valence-electron chi connectivity index (χ1n) is 8.30. The minimum Gasteiger partial charge on any atom is -0.356 e. The Balaban J connectivity index is 1.77. The van der Waals surface area contributed by atoms with Crippen LogP contribution in [0.5, 0.6) is 0 Å². The lowest BCUT2D eigenvalue weighted by Crippen LogP contribution is -2.32. The van der Waals surface area contributed by atoms with Crippen LogP contribution in [0.3, 0.4) is 0 Å². The second-order valence-electron chi connectivity index (χ2n) is 5.90. The smallest absolute Gasteiger partial charge is 0.203 e. The van der Waals surface area contributed by atoms with Crippen molar-refractivity contribution >= 4 is 17.0 Å². The zero-order valence-electron chi connectivity index (χ0n) is 13.0. The zero-order valence-corrected chi connectivity index (χ0v) is 13.0. The molecule has 0 amide bonds. The van der Waals surface area contributed by atoms with E-state index in [-0.39, 0.29) is 0 Å². The van der Waals surface area contributed by atoms with Gasteiger partial charge in [-0.25, -0.2) is 4.98 Å². The lowest BCUT2D eigenvalue weighted by Gasteiger charge is -2.26. The summed E-state index contributed by atoms with van der Waals surface area (Å²) in [6.07, 6.45) is 5.22. The summed E-state index contributed by atoms with van der Waals surface area (Å²) in [6, 6.07) is 8.44. The van der Waals surface area contributed by atoms with Gasteiger partial charge in [0.2, 0.25) is 5.95 Å². The SMILES string of the molecule is CCCNc1nc2ccccc2n1CCN1CCCCC1. The van der Waals surface area contributed by atoms with Crippen molar-refractivity contribution in [1.29, 1.82) is 0 Å². The molecule has 21 heavy (non-hydrogen) atoms. The van der Waals surface area contributed by atoms with E-state index in [9.17, 15) is 0 Å². The van der Waals surface area contributed by atoms with Crippen LogP contribution < -0.4 is 5.32 Å². The first kappa shape index (κ1) is 14.4. The molecule has 4 heteroatoms. The van der Waals surface area contributed by atoms with Gasteiger partial charge in [-0.1, -0.05) is 25.5 Å². The van der Waals surface area contributed by atoms with Crippen molar-refractivity contribution in [3.05, 3.63) is 24.3 Å². The van der Waals surface area contributed by atoms with Crippen molar-refractivity contribution in [2.24, 2.45) is 0 Å². The third kappa shape index (κ3) is 3.38. The zero-order chi connectivity index (χ0) is 14.5. The summed E-state index contributed by atoms with van der Waals surface area (Å²) in [5, 5.41) is 3.47. The Morgan fingerprint density at radius 3 is 2.71 bits per heavy atom. The Bertz CT molecular complexity index is 569. The molecule has 0 spiro atoms. The molecule has 0 saturated carbocycles. The van der Waals surface area contributed by atoms with Crippen LogP contribution in [0.15, 0.2) is 24.3 Å². The third-order valence-corrected chi connectivity index (χ3v) is 4.28. The lowest BCUT2D eigenvalue weighted by atomic mass is 10.1. The van der Waals surface area contributed by atoms with Gasteiger partial charge in [-0.15, -0.1) is 0 Å². The molecule has 0 aliphatic carbocycles. The average molecular weight is 286 g/mol. The molecule has 1 aliphatic heterocycles. The molecule has 1 N–H and O–H groups in total. The largest absolute Gasteiger partial charge is 0.356 e. The van der Waals surface area contributed by atoms with Gasteiger partial charge < -0.3 is 14.8 Å². The highest BCUT2D eigenvalue weighted by molar-refractivity contribution is 5.78. The van der Waals surface area contributed by atoms with Gasteiger partial charge in [0.25, 0.3) is 0 Å². The summed E-state index contributed by atoms with van der Waals surface area (Å²) in [5.41, 5.74) is 2.34. The third-order valence-electron chi connectivity index (χ3n) is 4.28. The van der Waals surface area contributed by atoms with E-state index < -0.39 is 0 Å². The second kappa shape index (κ2) is 6.94. The van der Waals surface area contributed by atoms with Gasteiger partial charge in [0.1, 0.15) is 0 Å². The number of fused-ring (bicyclic) bond motifs is 1. The van der Waals surface area contributed by atoms with Gasteiger partial charge in [-0.05, 0) is 44.5 Å². The molecule has 1 aliphatic rings. The summed E-state index contributed by atoms with van der Waals surface area (Å²) in [6.45, 7) is 7.82. The van der Waals surface area contributed by atoms with E-state index in [2.05, 4.69) is 46.0 Å². The molecule has 3 rings (SSSR count). The normalized spacial score (nSPS) is 16.4. The topological polar surface area (TPSA) is 33.1 Å². The number of rotatable bonds is 6. The number of piperidine rings is 1. The maximum absolute atomic E-state index is 4.75. The van der Waals surface area contributed by atoms with Gasteiger partial charge in [0.15, 0.2) is 0 Å². The molecule has 0 atom stereocenters. The Labute approximate surface area is 127 Å². The van der Waals surface area contributed by atoms with Crippen LogP contribution in [0, 0.1) is 0 Å². The highest BCUT2D eigenvalue weighted by atomic mass is 15.2. The first-order chi connectivity index (χ1) is 10.4. The molecule has 0 bridgehead atoms. The fourth-order valence-electron chi connectivity index (χ4n) is 3.10. The summed E-state index contributed by atoms with van der Waals surface area (Å²) in [5.74, 6) is 1.02. The molecule has 2 aromatic rings. The number of likely N-dealkylation sites (tertiary alicyclic amines) is 1. The summed E-state index contributed by atoms with van der Waals surface area (Å²) in [4.78, 5) is 7.33. The number of nitrogens with zero attached hydrogens (tertiary/aromatic N) is 3. The van der Waals surface area contributed by atoms with E-state index >= 15 is 0 Å². The van der Waals surface area contributed by atoms with Gasteiger partial charge in [0, 0.05) is 19.6 Å². The highest BCUT2D eigenvalue weighted by Crippen LogP contribution is 2.20. The maximum Gasteiger partial charge on any atom is 0.203 e.